The van der Waals surface area contributed by atoms with Crippen molar-refractivity contribution in [3.05, 3.63) is 29.3 Å². The van der Waals surface area contributed by atoms with Crippen LogP contribution in [-0.2, 0) is 6.54 Å². The van der Waals surface area contributed by atoms with Crippen molar-refractivity contribution in [2.24, 2.45) is 5.92 Å². The number of hydrogen-bond acceptors (Lipinski definition) is 2. The Kier molecular flexibility index (Phi) is 6.93. The van der Waals surface area contributed by atoms with E-state index in [0.717, 1.165) is 26.2 Å². The Bertz CT molecular complexity index is 372. The van der Waals surface area contributed by atoms with Gasteiger partial charge in [-0.05, 0) is 56.0 Å². The highest BCUT2D eigenvalue weighted by Gasteiger charge is 2.08. The molecule has 0 atom stereocenters. The van der Waals surface area contributed by atoms with Crippen LogP contribution < -0.4 is 10.2 Å². The lowest BCUT2D eigenvalue weighted by Crippen LogP contribution is -2.27. The molecule has 0 saturated carbocycles. The van der Waals surface area contributed by atoms with Gasteiger partial charge in [0.2, 0.25) is 0 Å². The quantitative estimate of drug-likeness (QED) is 0.713. The Hall–Kier alpha value is -1.02. The van der Waals surface area contributed by atoms with E-state index < -0.39 is 0 Å². The van der Waals surface area contributed by atoms with E-state index in [4.69, 9.17) is 0 Å². The zero-order chi connectivity index (χ0) is 14.3. The molecule has 0 saturated heterocycles. The minimum atomic E-state index is 0.700. The molecule has 2 heteroatoms. The van der Waals surface area contributed by atoms with Crippen molar-refractivity contribution in [1.29, 1.82) is 0 Å². The number of rotatable bonds is 8. The first-order valence-electron chi connectivity index (χ1n) is 7.63. The van der Waals surface area contributed by atoms with Crippen LogP contribution in [0.4, 0.5) is 5.69 Å². The molecule has 19 heavy (non-hydrogen) atoms. The van der Waals surface area contributed by atoms with Crippen LogP contribution in [0.25, 0.3) is 0 Å². The molecule has 0 aliphatic carbocycles. The number of nitrogens with zero attached hydrogens (tertiary/aromatic N) is 1. The Morgan fingerprint density at radius 1 is 1.21 bits per heavy atom. The molecule has 0 fully saturated rings. The molecule has 1 aromatic carbocycles. The van der Waals surface area contributed by atoms with Crippen LogP contribution in [0.2, 0.25) is 0 Å². The van der Waals surface area contributed by atoms with Crippen molar-refractivity contribution in [1.82, 2.24) is 5.32 Å². The minimum absolute atomic E-state index is 0.700. The second-order valence-corrected chi connectivity index (χ2v) is 5.72. The fourth-order valence-electron chi connectivity index (χ4n) is 2.33. The molecule has 0 bridgehead atoms. The van der Waals surface area contributed by atoms with Crippen LogP contribution in [0.3, 0.4) is 0 Å². The standard InChI is InChI=1S/C17H30N2/c1-6-10-18-12-16-8-9-17(11-15(16)5)19(7-2)13-14(3)4/h8-9,11,14,18H,6-7,10,12-13H2,1-5H3. The van der Waals surface area contributed by atoms with E-state index in [1.54, 1.807) is 0 Å². The van der Waals surface area contributed by atoms with Crippen molar-refractivity contribution in [2.75, 3.05) is 24.5 Å². The van der Waals surface area contributed by atoms with Crippen LogP contribution >= 0.6 is 0 Å². The summed E-state index contributed by atoms with van der Waals surface area (Å²) in [5.41, 5.74) is 4.16. The first kappa shape index (κ1) is 16.0. The molecule has 0 aliphatic rings. The second-order valence-electron chi connectivity index (χ2n) is 5.72. The zero-order valence-corrected chi connectivity index (χ0v) is 13.3. The monoisotopic (exact) mass is 262 g/mol. The molecular weight excluding hydrogens is 232 g/mol. The second kappa shape index (κ2) is 8.21. The molecule has 2 nitrogen and oxygen atoms in total. The van der Waals surface area contributed by atoms with Gasteiger partial charge in [0.25, 0.3) is 0 Å². The largest absolute Gasteiger partial charge is 0.372 e. The van der Waals surface area contributed by atoms with E-state index in [2.05, 4.69) is 63.0 Å². The van der Waals surface area contributed by atoms with Gasteiger partial charge in [0.1, 0.15) is 0 Å². The van der Waals surface area contributed by atoms with Crippen LogP contribution in [0.15, 0.2) is 18.2 Å². The molecule has 1 N–H and O–H groups in total. The Labute approximate surface area is 119 Å². The van der Waals surface area contributed by atoms with E-state index in [1.807, 2.05) is 0 Å². The van der Waals surface area contributed by atoms with Gasteiger partial charge in [-0.25, -0.2) is 0 Å². The van der Waals surface area contributed by atoms with Crippen LogP contribution in [0.5, 0.6) is 0 Å². The molecule has 0 aromatic heterocycles. The van der Waals surface area contributed by atoms with E-state index in [1.165, 1.54) is 23.2 Å². The maximum Gasteiger partial charge on any atom is 0.0369 e. The summed E-state index contributed by atoms with van der Waals surface area (Å²) in [6, 6.07) is 6.87. The minimum Gasteiger partial charge on any atom is -0.372 e. The predicted molar refractivity (Wildman–Crippen MR) is 85.9 cm³/mol. The fraction of sp³-hybridized carbons (Fsp3) is 0.647. The average molecular weight is 262 g/mol. The van der Waals surface area contributed by atoms with Gasteiger partial charge in [-0.15, -0.1) is 0 Å². The fourth-order valence-corrected chi connectivity index (χ4v) is 2.33. The van der Waals surface area contributed by atoms with Gasteiger partial charge < -0.3 is 10.2 Å². The summed E-state index contributed by atoms with van der Waals surface area (Å²) in [5, 5.41) is 3.47. The maximum atomic E-state index is 3.47. The summed E-state index contributed by atoms with van der Waals surface area (Å²) in [7, 11) is 0. The van der Waals surface area contributed by atoms with Crippen molar-refractivity contribution in [3.63, 3.8) is 0 Å². The van der Waals surface area contributed by atoms with Crippen molar-refractivity contribution in [2.45, 2.75) is 47.6 Å². The van der Waals surface area contributed by atoms with Gasteiger partial charge in [-0.1, -0.05) is 26.8 Å². The van der Waals surface area contributed by atoms with Gasteiger partial charge in [0, 0.05) is 25.3 Å². The van der Waals surface area contributed by atoms with Gasteiger partial charge in [-0.2, -0.15) is 0 Å². The third kappa shape index (κ3) is 5.23. The Balaban J connectivity index is 2.74. The number of aryl methyl sites for hydroxylation is 1. The number of nitrogens with one attached hydrogen (secondary N) is 1. The van der Waals surface area contributed by atoms with Crippen LogP contribution in [0.1, 0.15) is 45.2 Å². The topological polar surface area (TPSA) is 15.3 Å². The molecule has 0 spiro atoms. The average Bonchev–Trinajstić information content (AvgIpc) is 2.38. The first-order valence-corrected chi connectivity index (χ1v) is 7.63. The lowest BCUT2D eigenvalue weighted by molar-refractivity contribution is 0.618. The summed E-state index contributed by atoms with van der Waals surface area (Å²) in [4.78, 5) is 2.46. The molecular formula is C17H30N2. The third-order valence-corrected chi connectivity index (χ3v) is 3.40. The van der Waals surface area contributed by atoms with Crippen molar-refractivity contribution < 1.29 is 0 Å². The van der Waals surface area contributed by atoms with Crippen LogP contribution in [0, 0.1) is 12.8 Å². The lowest BCUT2D eigenvalue weighted by Gasteiger charge is -2.26. The number of hydrogen-bond donors (Lipinski definition) is 1. The third-order valence-electron chi connectivity index (χ3n) is 3.40. The predicted octanol–water partition coefficient (Wildman–Crippen LogP) is 3.98. The summed E-state index contributed by atoms with van der Waals surface area (Å²) < 4.78 is 0. The van der Waals surface area contributed by atoms with E-state index >= 15 is 0 Å². The summed E-state index contributed by atoms with van der Waals surface area (Å²) in [5.74, 6) is 0.700. The Morgan fingerprint density at radius 2 is 1.95 bits per heavy atom. The van der Waals surface area contributed by atoms with E-state index in [0.29, 0.717) is 5.92 Å². The van der Waals surface area contributed by atoms with Crippen LogP contribution in [-0.4, -0.2) is 19.6 Å². The van der Waals surface area contributed by atoms with E-state index in [9.17, 15) is 0 Å². The molecule has 0 aliphatic heterocycles. The van der Waals surface area contributed by atoms with Crippen molar-refractivity contribution >= 4 is 5.69 Å². The molecule has 0 unspecified atom stereocenters. The molecule has 1 rings (SSSR count). The highest BCUT2D eigenvalue weighted by Crippen LogP contribution is 2.20. The SMILES string of the molecule is CCCNCc1ccc(N(CC)CC(C)C)cc1C. The summed E-state index contributed by atoms with van der Waals surface area (Å²) in [6.07, 6.45) is 1.19. The maximum absolute atomic E-state index is 3.47. The molecule has 1 aromatic rings. The highest BCUT2D eigenvalue weighted by atomic mass is 15.1. The van der Waals surface area contributed by atoms with Gasteiger partial charge in [0.15, 0.2) is 0 Å². The Morgan fingerprint density at radius 3 is 2.47 bits per heavy atom. The highest BCUT2D eigenvalue weighted by molar-refractivity contribution is 5.50. The van der Waals surface area contributed by atoms with E-state index in [-0.39, 0.29) is 0 Å². The molecule has 0 heterocycles. The molecule has 108 valence electrons. The number of benzene rings is 1. The van der Waals surface area contributed by atoms with Crippen molar-refractivity contribution in [3.8, 4) is 0 Å². The lowest BCUT2D eigenvalue weighted by atomic mass is 10.1. The first-order chi connectivity index (χ1) is 9.08. The molecule has 0 radical (unpaired) electrons. The van der Waals surface area contributed by atoms with Gasteiger partial charge >= 0.3 is 0 Å². The normalized spacial score (nSPS) is 11.1. The summed E-state index contributed by atoms with van der Waals surface area (Å²) >= 11 is 0. The zero-order valence-electron chi connectivity index (χ0n) is 13.3. The van der Waals surface area contributed by atoms with Gasteiger partial charge in [-0.3, -0.25) is 0 Å². The van der Waals surface area contributed by atoms with Gasteiger partial charge in [0.05, 0.1) is 0 Å². The number of anilines is 1. The summed E-state index contributed by atoms with van der Waals surface area (Å²) in [6.45, 7) is 15.5. The smallest absolute Gasteiger partial charge is 0.0369 e. The molecule has 0 amide bonds.